The third-order valence-corrected chi connectivity index (χ3v) is 5.49. The van der Waals surface area contributed by atoms with Crippen LogP contribution in [0.4, 0.5) is 0 Å². The van der Waals surface area contributed by atoms with Crippen LogP contribution in [0.2, 0.25) is 5.54 Å². The lowest BCUT2D eigenvalue weighted by atomic mass is 10.00. The van der Waals surface area contributed by atoms with Gasteiger partial charge in [0.25, 0.3) is 0 Å². The fourth-order valence-corrected chi connectivity index (χ4v) is 4.23. The van der Waals surface area contributed by atoms with Gasteiger partial charge in [-0.1, -0.05) is 20.3 Å². The van der Waals surface area contributed by atoms with Crippen LogP contribution >= 0.6 is 0 Å². The van der Waals surface area contributed by atoms with Crippen molar-refractivity contribution in [3.8, 4) is 0 Å². The van der Waals surface area contributed by atoms with Crippen LogP contribution in [0.15, 0.2) is 0 Å². The molecule has 84 valence electrons. The third-order valence-electron chi connectivity index (χ3n) is 2.65. The standard InChI is InChI=1S/C10H22O3Si/c1-3-8-12-14(11,13-9-4-2)10-6-5-7-10/h10-11H,3-9H2,1-2H3. The molecule has 0 bridgehead atoms. The van der Waals surface area contributed by atoms with Crippen LogP contribution in [-0.4, -0.2) is 26.8 Å². The molecule has 4 heteroatoms. The monoisotopic (exact) mass is 218 g/mol. The van der Waals surface area contributed by atoms with E-state index < -0.39 is 8.80 Å². The Labute approximate surface area is 87.8 Å². The Morgan fingerprint density at radius 2 is 1.64 bits per heavy atom. The van der Waals surface area contributed by atoms with Gasteiger partial charge < -0.3 is 13.6 Å². The molecule has 1 saturated carbocycles. The van der Waals surface area contributed by atoms with E-state index in [1.54, 1.807) is 0 Å². The van der Waals surface area contributed by atoms with Crippen molar-refractivity contribution in [1.82, 2.24) is 0 Å². The van der Waals surface area contributed by atoms with E-state index in [0.29, 0.717) is 18.8 Å². The van der Waals surface area contributed by atoms with Gasteiger partial charge in [-0.15, -0.1) is 0 Å². The van der Waals surface area contributed by atoms with Gasteiger partial charge in [0.1, 0.15) is 0 Å². The van der Waals surface area contributed by atoms with E-state index in [9.17, 15) is 4.80 Å². The molecule has 14 heavy (non-hydrogen) atoms. The molecule has 0 spiro atoms. The quantitative estimate of drug-likeness (QED) is 0.667. The van der Waals surface area contributed by atoms with Gasteiger partial charge in [-0.3, -0.25) is 0 Å². The highest BCUT2D eigenvalue weighted by molar-refractivity contribution is 6.61. The maximum absolute atomic E-state index is 10.3. The number of rotatable bonds is 7. The van der Waals surface area contributed by atoms with Crippen molar-refractivity contribution in [2.75, 3.05) is 13.2 Å². The molecular formula is C10H22O3Si. The van der Waals surface area contributed by atoms with Gasteiger partial charge >= 0.3 is 8.80 Å². The smallest absolute Gasteiger partial charge is 0.390 e. The summed E-state index contributed by atoms with van der Waals surface area (Å²) in [5.41, 5.74) is 0.320. The zero-order chi connectivity index (χ0) is 10.4. The molecule has 0 aliphatic heterocycles. The Balaban J connectivity index is 2.39. The van der Waals surface area contributed by atoms with E-state index >= 15 is 0 Å². The molecule has 0 heterocycles. The van der Waals surface area contributed by atoms with Gasteiger partial charge in [0.15, 0.2) is 0 Å². The highest BCUT2D eigenvalue weighted by Gasteiger charge is 2.48. The second-order valence-corrected chi connectivity index (χ2v) is 6.61. The largest absolute Gasteiger partial charge is 0.501 e. The average Bonchev–Trinajstić information content (AvgIpc) is 2.09. The average molecular weight is 218 g/mol. The summed E-state index contributed by atoms with van der Waals surface area (Å²) in [4.78, 5) is 10.3. The van der Waals surface area contributed by atoms with Crippen LogP contribution in [0.1, 0.15) is 46.0 Å². The summed E-state index contributed by atoms with van der Waals surface area (Å²) in [6.45, 7) is 5.36. The molecule has 0 radical (unpaired) electrons. The molecule has 3 nitrogen and oxygen atoms in total. The van der Waals surface area contributed by atoms with Crippen LogP contribution in [0.3, 0.4) is 0 Å². The first kappa shape index (κ1) is 12.2. The first-order valence-corrected chi connectivity index (χ1v) is 7.57. The van der Waals surface area contributed by atoms with E-state index in [4.69, 9.17) is 8.85 Å². The Hall–Kier alpha value is 0.0969. The maximum Gasteiger partial charge on any atom is 0.501 e. The molecule has 1 aliphatic carbocycles. The number of hydrogen-bond acceptors (Lipinski definition) is 3. The summed E-state index contributed by atoms with van der Waals surface area (Å²) in [6, 6.07) is 0. The van der Waals surface area contributed by atoms with E-state index in [1.807, 2.05) is 0 Å². The zero-order valence-corrected chi connectivity index (χ0v) is 10.3. The highest BCUT2D eigenvalue weighted by atomic mass is 28.4. The van der Waals surface area contributed by atoms with Crippen LogP contribution in [-0.2, 0) is 8.85 Å². The van der Waals surface area contributed by atoms with Crippen LogP contribution < -0.4 is 0 Å². The minimum absolute atomic E-state index is 0.320. The molecule has 0 aromatic rings. The van der Waals surface area contributed by atoms with Crippen molar-refractivity contribution in [3.05, 3.63) is 0 Å². The Kier molecular flexibility index (Phi) is 5.09. The molecule has 0 atom stereocenters. The summed E-state index contributed by atoms with van der Waals surface area (Å²) < 4.78 is 11.1. The van der Waals surface area contributed by atoms with E-state index in [0.717, 1.165) is 25.7 Å². The molecule has 1 fully saturated rings. The van der Waals surface area contributed by atoms with Gasteiger partial charge in [0.05, 0.1) is 0 Å². The predicted molar refractivity (Wildman–Crippen MR) is 58.1 cm³/mol. The van der Waals surface area contributed by atoms with E-state index in [2.05, 4.69) is 13.8 Å². The fourth-order valence-electron chi connectivity index (χ4n) is 1.55. The first-order chi connectivity index (χ1) is 6.73. The minimum Gasteiger partial charge on any atom is -0.390 e. The lowest BCUT2D eigenvalue weighted by Gasteiger charge is -2.36. The minimum atomic E-state index is -2.81. The molecule has 1 rings (SSSR count). The predicted octanol–water partition coefficient (Wildman–Crippen LogP) is 2.32. The second-order valence-electron chi connectivity index (χ2n) is 3.96. The summed E-state index contributed by atoms with van der Waals surface area (Å²) in [7, 11) is -2.81. The van der Waals surface area contributed by atoms with Crippen molar-refractivity contribution in [3.63, 3.8) is 0 Å². The molecule has 0 aromatic heterocycles. The van der Waals surface area contributed by atoms with Crippen LogP contribution in [0.5, 0.6) is 0 Å². The molecule has 1 N–H and O–H groups in total. The molecule has 0 aromatic carbocycles. The normalized spacial score (nSPS) is 18.2. The Bertz CT molecular complexity index is 151. The second kappa shape index (κ2) is 5.85. The lowest BCUT2D eigenvalue weighted by molar-refractivity contribution is 0.0756. The van der Waals surface area contributed by atoms with E-state index in [-0.39, 0.29) is 0 Å². The van der Waals surface area contributed by atoms with Gasteiger partial charge in [0.2, 0.25) is 0 Å². The number of hydrogen-bond donors (Lipinski definition) is 1. The molecule has 0 amide bonds. The first-order valence-electron chi connectivity index (χ1n) is 5.73. The molecule has 0 unspecified atom stereocenters. The molecule has 0 saturated heterocycles. The molecular weight excluding hydrogens is 196 g/mol. The van der Waals surface area contributed by atoms with Gasteiger partial charge in [-0.05, 0) is 25.7 Å². The topological polar surface area (TPSA) is 38.7 Å². The van der Waals surface area contributed by atoms with Crippen molar-refractivity contribution < 1.29 is 13.6 Å². The van der Waals surface area contributed by atoms with Crippen molar-refractivity contribution in [2.45, 2.75) is 51.5 Å². The summed E-state index contributed by atoms with van der Waals surface area (Å²) in [5.74, 6) is 0. The van der Waals surface area contributed by atoms with Gasteiger partial charge in [-0.2, -0.15) is 0 Å². The van der Waals surface area contributed by atoms with E-state index in [1.165, 1.54) is 6.42 Å². The third kappa shape index (κ3) is 3.05. The highest BCUT2D eigenvalue weighted by Crippen LogP contribution is 2.40. The van der Waals surface area contributed by atoms with Crippen LogP contribution in [0.25, 0.3) is 0 Å². The molecule has 1 aliphatic rings. The van der Waals surface area contributed by atoms with Crippen molar-refractivity contribution in [2.24, 2.45) is 0 Å². The fraction of sp³-hybridized carbons (Fsp3) is 1.00. The van der Waals surface area contributed by atoms with Gasteiger partial charge in [-0.25, -0.2) is 0 Å². The lowest BCUT2D eigenvalue weighted by Crippen LogP contribution is -2.50. The van der Waals surface area contributed by atoms with Crippen LogP contribution in [0, 0.1) is 0 Å². The Morgan fingerprint density at radius 1 is 1.14 bits per heavy atom. The zero-order valence-electron chi connectivity index (χ0n) is 9.29. The van der Waals surface area contributed by atoms with Crippen molar-refractivity contribution >= 4 is 8.80 Å². The summed E-state index contributed by atoms with van der Waals surface area (Å²) in [6.07, 6.45) is 5.26. The summed E-state index contributed by atoms with van der Waals surface area (Å²) in [5, 5.41) is 0. The van der Waals surface area contributed by atoms with Gasteiger partial charge in [0, 0.05) is 18.8 Å². The maximum atomic E-state index is 10.3. The SMILES string of the molecule is CCCO[Si](O)(OCCC)C1CCC1. The van der Waals surface area contributed by atoms with Crippen molar-refractivity contribution in [1.29, 1.82) is 0 Å². The summed E-state index contributed by atoms with van der Waals surface area (Å²) >= 11 is 0. The Morgan fingerprint density at radius 3 is 1.93 bits per heavy atom.